The third-order valence-electron chi connectivity index (χ3n) is 6.56. The molecule has 3 fully saturated rings. The van der Waals surface area contributed by atoms with Crippen molar-refractivity contribution in [3.63, 3.8) is 0 Å². The van der Waals surface area contributed by atoms with Crippen molar-refractivity contribution in [1.29, 1.82) is 0 Å². The first-order chi connectivity index (χ1) is 14.1. The van der Waals surface area contributed by atoms with Gasteiger partial charge in [0.05, 0.1) is 24.6 Å². The van der Waals surface area contributed by atoms with Gasteiger partial charge in [0.25, 0.3) is 0 Å². The van der Waals surface area contributed by atoms with Crippen LogP contribution in [0.15, 0.2) is 11.7 Å². The number of rotatable bonds is 9. The molecule has 7 nitrogen and oxygen atoms in total. The number of amides is 2. The van der Waals surface area contributed by atoms with Gasteiger partial charge in [-0.3, -0.25) is 19.5 Å². The van der Waals surface area contributed by atoms with Crippen molar-refractivity contribution >= 4 is 23.2 Å². The summed E-state index contributed by atoms with van der Waals surface area (Å²) in [6, 6.07) is 0.651. The van der Waals surface area contributed by atoms with Gasteiger partial charge in [0.15, 0.2) is 0 Å². The van der Waals surface area contributed by atoms with Crippen molar-refractivity contribution in [2.24, 2.45) is 11.8 Å². The molecule has 0 bridgehead atoms. The van der Waals surface area contributed by atoms with E-state index in [9.17, 15) is 9.59 Å². The van der Waals surface area contributed by atoms with Gasteiger partial charge in [-0.15, -0.1) is 11.3 Å². The highest BCUT2D eigenvalue weighted by Gasteiger charge is 2.51. The molecule has 29 heavy (non-hydrogen) atoms. The fraction of sp³-hybridized carbons (Fsp3) is 0.762. The molecule has 1 aliphatic carbocycles. The topological polar surface area (TPSA) is 74.8 Å². The molecular formula is C21H32N4O3S. The first-order valence-corrected chi connectivity index (χ1v) is 11.8. The Morgan fingerprint density at radius 3 is 2.76 bits per heavy atom. The number of nitrogens with one attached hydrogen (secondary N) is 1. The van der Waals surface area contributed by atoms with Crippen LogP contribution in [-0.4, -0.2) is 71.0 Å². The summed E-state index contributed by atoms with van der Waals surface area (Å²) in [6.07, 6.45) is 4.96. The molecule has 160 valence electrons. The minimum Gasteiger partial charge on any atom is -0.376 e. The second kappa shape index (κ2) is 9.10. The number of hydrogen-bond acceptors (Lipinski definition) is 6. The Balaban J connectivity index is 1.45. The fourth-order valence-corrected chi connectivity index (χ4v) is 5.56. The molecule has 0 aromatic carbocycles. The number of fused-ring (bicyclic) bond motifs is 1. The summed E-state index contributed by atoms with van der Waals surface area (Å²) in [5.41, 5.74) is 1.86. The first kappa shape index (κ1) is 20.8. The zero-order chi connectivity index (χ0) is 20.4. The maximum atomic E-state index is 12.7. The summed E-state index contributed by atoms with van der Waals surface area (Å²) in [5, 5.41) is 3.13. The Labute approximate surface area is 176 Å². The van der Waals surface area contributed by atoms with E-state index < -0.39 is 0 Å². The van der Waals surface area contributed by atoms with Crippen LogP contribution in [0.5, 0.6) is 0 Å². The maximum Gasteiger partial charge on any atom is 0.225 e. The second-order valence-electron chi connectivity index (χ2n) is 8.49. The van der Waals surface area contributed by atoms with E-state index in [1.165, 1.54) is 4.88 Å². The van der Waals surface area contributed by atoms with E-state index >= 15 is 0 Å². The summed E-state index contributed by atoms with van der Waals surface area (Å²) in [4.78, 5) is 35.0. The van der Waals surface area contributed by atoms with Gasteiger partial charge in [-0.2, -0.15) is 0 Å². The number of likely N-dealkylation sites (tertiary alicyclic amines) is 1. The monoisotopic (exact) mass is 420 g/mol. The molecule has 1 saturated carbocycles. The van der Waals surface area contributed by atoms with Crippen LogP contribution in [0.4, 0.5) is 0 Å². The van der Waals surface area contributed by atoms with Crippen molar-refractivity contribution in [2.45, 2.75) is 64.3 Å². The molecule has 4 rings (SSSR count). The van der Waals surface area contributed by atoms with E-state index in [2.05, 4.69) is 15.2 Å². The molecule has 3 aliphatic rings. The van der Waals surface area contributed by atoms with E-state index in [4.69, 9.17) is 4.74 Å². The Kier molecular flexibility index (Phi) is 6.51. The van der Waals surface area contributed by atoms with Crippen molar-refractivity contribution in [3.8, 4) is 0 Å². The number of carbonyl (C=O) groups excluding carboxylic acids is 2. The Morgan fingerprint density at radius 1 is 1.31 bits per heavy atom. The van der Waals surface area contributed by atoms with E-state index in [0.717, 1.165) is 39.0 Å². The van der Waals surface area contributed by atoms with Crippen LogP contribution in [-0.2, 0) is 20.9 Å². The quantitative estimate of drug-likeness (QED) is 0.660. The lowest BCUT2D eigenvalue weighted by Crippen LogP contribution is -2.37. The highest BCUT2D eigenvalue weighted by atomic mass is 32.1. The molecule has 8 heteroatoms. The lowest BCUT2D eigenvalue weighted by atomic mass is 9.84. The molecule has 0 unspecified atom stereocenters. The maximum absolute atomic E-state index is 12.7. The molecule has 2 saturated heterocycles. The third kappa shape index (κ3) is 4.81. The molecule has 1 aromatic heterocycles. The van der Waals surface area contributed by atoms with Crippen LogP contribution in [0, 0.1) is 11.8 Å². The van der Waals surface area contributed by atoms with Gasteiger partial charge in [-0.25, -0.2) is 0 Å². The van der Waals surface area contributed by atoms with E-state index in [0.29, 0.717) is 25.5 Å². The van der Waals surface area contributed by atoms with Crippen LogP contribution in [0.1, 0.15) is 44.4 Å². The number of carbonyl (C=O) groups is 2. The largest absolute Gasteiger partial charge is 0.376 e. The van der Waals surface area contributed by atoms with Gasteiger partial charge in [0.2, 0.25) is 11.8 Å². The normalized spacial score (nSPS) is 29.0. The van der Waals surface area contributed by atoms with Crippen LogP contribution in [0.2, 0.25) is 0 Å². The Morgan fingerprint density at radius 2 is 2.10 bits per heavy atom. The van der Waals surface area contributed by atoms with Crippen LogP contribution >= 0.6 is 11.3 Å². The first-order valence-electron chi connectivity index (χ1n) is 10.9. The number of ether oxygens (including phenoxy) is 1. The lowest BCUT2D eigenvalue weighted by Gasteiger charge is -2.26. The molecule has 2 aliphatic heterocycles. The average molecular weight is 421 g/mol. The predicted molar refractivity (Wildman–Crippen MR) is 111 cm³/mol. The zero-order valence-electron chi connectivity index (χ0n) is 17.4. The molecule has 4 atom stereocenters. The fourth-order valence-electron chi connectivity index (χ4n) is 4.94. The number of aromatic nitrogens is 1. The summed E-state index contributed by atoms with van der Waals surface area (Å²) in [7, 11) is 0. The van der Waals surface area contributed by atoms with Crippen molar-refractivity contribution in [3.05, 3.63) is 16.6 Å². The molecule has 2 amide bonds. The molecule has 3 heterocycles. The third-order valence-corrected chi connectivity index (χ3v) is 7.33. The van der Waals surface area contributed by atoms with Gasteiger partial charge in [0.1, 0.15) is 0 Å². The number of nitrogens with zero attached hydrogens (tertiary/aromatic N) is 3. The van der Waals surface area contributed by atoms with Crippen molar-refractivity contribution < 1.29 is 14.3 Å². The van der Waals surface area contributed by atoms with Crippen LogP contribution in [0.25, 0.3) is 0 Å². The predicted octanol–water partition coefficient (Wildman–Crippen LogP) is 1.89. The van der Waals surface area contributed by atoms with E-state index in [-0.39, 0.29) is 35.8 Å². The zero-order valence-corrected chi connectivity index (χ0v) is 18.2. The second-order valence-corrected chi connectivity index (χ2v) is 9.46. The summed E-state index contributed by atoms with van der Waals surface area (Å²) in [6.45, 7) is 7.83. The number of thiazole rings is 1. The van der Waals surface area contributed by atoms with Crippen LogP contribution in [0.3, 0.4) is 0 Å². The van der Waals surface area contributed by atoms with Crippen molar-refractivity contribution in [1.82, 2.24) is 20.1 Å². The van der Waals surface area contributed by atoms with E-state index in [1.54, 1.807) is 11.3 Å². The summed E-state index contributed by atoms with van der Waals surface area (Å²) in [5.74, 6) is 0.760. The molecular weight excluding hydrogens is 388 g/mol. The summed E-state index contributed by atoms with van der Waals surface area (Å²) < 4.78 is 6.15. The standard InChI is InChI=1S/C21H32N4O3S/c1-3-24(4-2)20(27)8-18-21-14(7-19(26)23-15-5-6-15)10-25(17(21)12-28-18)11-16-9-22-13-29-16/h9,13-15,17-18,21H,3-8,10-12H2,1-2H3,(H,23,26)/t14-,17-,18+,21-/m1/s1. The number of hydrogen-bond donors (Lipinski definition) is 1. The lowest BCUT2D eigenvalue weighted by molar-refractivity contribution is -0.133. The van der Waals surface area contributed by atoms with Gasteiger partial charge in [0, 0.05) is 61.7 Å². The van der Waals surface area contributed by atoms with Crippen LogP contribution < -0.4 is 5.32 Å². The highest BCUT2D eigenvalue weighted by molar-refractivity contribution is 7.09. The smallest absolute Gasteiger partial charge is 0.225 e. The average Bonchev–Trinajstić information content (AvgIpc) is 3.08. The Hall–Kier alpha value is -1.51. The highest BCUT2D eigenvalue weighted by Crippen LogP contribution is 2.42. The van der Waals surface area contributed by atoms with E-state index in [1.807, 2.05) is 30.5 Å². The van der Waals surface area contributed by atoms with Gasteiger partial charge in [-0.05, 0) is 32.6 Å². The van der Waals surface area contributed by atoms with Gasteiger partial charge in [-0.1, -0.05) is 0 Å². The molecule has 1 N–H and O–H groups in total. The molecule has 1 aromatic rings. The van der Waals surface area contributed by atoms with Gasteiger partial charge >= 0.3 is 0 Å². The minimum absolute atomic E-state index is 0.0988. The minimum atomic E-state index is -0.0988. The summed E-state index contributed by atoms with van der Waals surface area (Å²) >= 11 is 1.66. The molecule has 0 spiro atoms. The van der Waals surface area contributed by atoms with Gasteiger partial charge < -0.3 is 15.0 Å². The SMILES string of the molecule is CCN(CC)C(=O)C[C@@H]1OC[C@@H]2[C@H]1[C@H](CC(=O)NC1CC1)CN2Cc1cncs1. The Bertz CT molecular complexity index is 705. The molecule has 0 radical (unpaired) electrons. The van der Waals surface area contributed by atoms with Crippen molar-refractivity contribution in [2.75, 3.05) is 26.2 Å².